The van der Waals surface area contributed by atoms with Crippen molar-refractivity contribution in [2.45, 2.75) is 25.1 Å². The summed E-state index contributed by atoms with van der Waals surface area (Å²) < 4.78 is 12.4. The van der Waals surface area contributed by atoms with E-state index in [2.05, 4.69) is 20.9 Å². The number of nitrogens with zero attached hydrogens (tertiary/aromatic N) is 3. The van der Waals surface area contributed by atoms with E-state index in [1.807, 2.05) is 18.7 Å². The summed E-state index contributed by atoms with van der Waals surface area (Å²) in [5.41, 5.74) is -0.0445. The van der Waals surface area contributed by atoms with Crippen molar-refractivity contribution < 1.29 is 9.13 Å². The minimum atomic E-state index is -0.821. The Hall–Kier alpha value is -1.02. The van der Waals surface area contributed by atoms with E-state index < -0.39 is 15.7 Å². The SMILES string of the molecule is C[C@@H]1[C@H](C)[S@@](=O)CCN1c1ncc([N+](=O)[O-])cc1Br. The first-order valence-electron chi connectivity index (χ1n) is 5.85. The van der Waals surface area contributed by atoms with Crippen molar-refractivity contribution in [3.63, 3.8) is 0 Å². The molecule has 0 spiro atoms. The lowest BCUT2D eigenvalue weighted by atomic mass is 10.2. The van der Waals surface area contributed by atoms with Gasteiger partial charge in [0.25, 0.3) is 5.69 Å². The fourth-order valence-corrected chi connectivity index (χ4v) is 3.98. The maximum Gasteiger partial charge on any atom is 0.288 e. The van der Waals surface area contributed by atoms with Gasteiger partial charge in [-0.3, -0.25) is 14.3 Å². The Morgan fingerprint density at radius 3 is 2.84 bits per heavy atom. The summed E-state index contributed by atoms with van der Waals surface area (Å²) in [5.74, 6) is 1.26. The summed E-state index contributed by atoms with van der Waals surface area (Å²) in [6.45, 7) is 4.59. The third-order valence-electron chi connectivity index (χ3n) is 3.41. The van der Waals surface area contributed by atoms with E-state index in [9.17, 15) is 14.3 Å². The Kier molecular flexibility index (Phi) is 4.19. The number of pyridine rings is 1. The highest BCUT2D eigenvalue weighted by molar-refractivity contribution is 9.10. The average molecular weight is 348 g/mol. The van der Waals surface area contributed by atoms with E-state index in [0.29, 0.717) is 22.6 Å². The smallest absolute Gasteiger partial charge is 0.288 e. The second-order valence-corrected chi connectivity index (χ2v) is 7.25. The molecule has 1 aliphatic heterocycles. The Labute approximate surface area is 121 Å². The molecule has 0 N–H and O–H groups in total. The zero-order valence-electron chi connectivity index (χ0n) is 10.6. The Balaban J connectivity index is 2.32. The van der Waals surface area contributed by atoms with Gasteiger partial charge in [0.2, 0.25) is 0 Å². The number of hydrogen-bond acceptors (Lipinski definition) is 5. The molecule has 8 heteroatoms. The second-order valence-electron chi connectivity index (χ2n) is 4.48. The van der Waals surface area contributed by atoms with Crippen LogP contribution in [0.15, 0.2) is 16.7 Å². The molecule has 1 aromatic rings. The minimum Gasteiger partial charge on any atom is -0.351 e. The van der Waals surface area contributed by atoms with Crippen LogP contribution < -0.4 is 4.90 Å². The first kappa shape index (κ1) is 14.4. The van der Waals surface area contributed by atoms with Gasteiger partial charge in [-0.25, -0.2) is 4.98 Å². The van der Waals surface area contributed by atoms with E-state index in [0.717, 1.165) is 0 Å². The fourth-order valence-electron chi connectivity index (χ4n) is 2.08. The lowest BCUT2D eigenvalue weighted by Crippen LogP contribution is -2.50. The van der Waals surface area contributed by atoms with Gasteiger partial charge in [0.05, 0.1) is 14.6 Å². The highest BCUT2D eigenvalue weighted by Gasteiger charge is 2.32. The summed E-state index contributed by atoms with van der Waals surface area (Å²) in [7, 11) is -0.821. The molecule has 0 bridgehead atoms. The van der Waals surface area contributed by atoms with Gasteiger partial charge in [-0.15, -0.1) is 0 Å². The number of anilines is 1. The van der Waals surface area contributed by atoms with Crippen LogP contribution in [0.1, 0.15) is 13.8 Å². The van der Waals surface area contributed by atoms with Gasteiger partial charge >= 0.3 is 0 Å². The summed E-state index contributed by atoms with van der Waals surface area (Å²) in [6.07, 6.45) is 1.25. The second kappa shape index (κ2) is 5.54. The molecule has 6 nitrogen and oxygen atoms in total. The van der Waals surface area contributed by atoms with Gasteiger partial charge < -0.3 is 4.90 Å². The highest BCUT2D eigenvalue weighted by atomic mass is 79.9. The zero-order valence-corrected chi connectivity index (χ0v) is 13.0. The molecule has 0 unspecified atom stereocenters. The van der Waals surface area contributed by atoms with Crippen molar-refractivity contribution in [2.75, 3.05) is 17.2 Å². The molecule has 0 radical (unpaired) electrons. The standard InChI is InChI=1S/C11H14BrN3O3S/c1-7-8(2)19(18)4-3-14(7)11-10(12)5-9(6-13-11)15(16)17/h5-8H,3-4H2,1-2H3/t7-,8+,19+/m1/s1. The third-order valence-corrected chi connectivity index (χ3v) is 5.80. The summed E-state index contributed by atoms with van der Waals surface area (Å²) in [5, 5.41) is 10.7. The Morgan fingerprint density at radius 2 is 2.26 bits per heavy atom. The van der Waals surface area contributed by atoms with Gasteiger partial charge in [-0.1, -0.05) is 0 Å². The Bertz CT molecular complexity index is 540. The molecule has 104 valence electrons. The molecule has 1 aromatic heterocycles. The topological polar surface area (TPSA) is 76.3 Å². The van der Waals surface area contributed by atoms with Crippen molar-refractivity contribution in [1.82, 2.24) is 4.98 Å². The first-order chi connectivity index (χ1) is 8.91. The minimum absolute atomic E-state index is 0.0445. The van der Waals surface area contributed by atoms with E-state index in [4.69, 9.17) is 0 Å². The molecular formula is C11H14BrN3O3S. The number of rotatable bonds is 2. The lowest BCUT2D eigenvalue weighted by Gasteiger charge is -2.38. The summed E-state index contributed by atoms with van der Waals surface area (Å²) >= 11 is 3.33. The van der Waals surface area contributed by atoms with Crippen molar-refractivity contribution in [2.24, 2.45) is 0 Å². The van der Waals surface area contributed by atoms with Crippen LogP contribution in [-0.4, -0.2) is 37.7 Å². The number of halogens is 1. The molecule has 0 aliphatic carbocycles. The summed E-state index contributed by atoms with van der Waals surface area (Å²) in [6, 6.07) is 1.53. The largest absolute Gasteiger partial charge is 0.351 e. The highest BCUT2D eigenvalue weighted by Crippen LogP contribution is 2.31. The van der Waals surface area contributed by atoms with Crippen LogP contribution in [0.25, 0.3) is 0 Å². The van der Waals surface area contributed by atoms with E-state index in [1.165, 1.54) is 12.3 Å². The van der Waals surface area contributed by atoms with Crippen LogP contribution in [0.4, 0.5) is 11.5 Å². The molecule has 1 fully saturated rings. The van der Waals surface area contributed by atoms with Crippen molar-refractivity contribution in [3.8, 4) is 0 Å². The quantitative estimate of drug-likeness (QED) is 0.604. The molecular weight excluding hydrogens is 334 g/mol. The Morgan fingerprint density at radius 1 is 1.58 bits per heavy atom. The molecule has 19 heavy (non-hydrogen) atoms. The van der Waals surface area contributed by atoms with E-state index in [1.54, 1.807) is 0 Å². The summed E-state index contributed by atoms with van der Waals surface area (Å²) in [4.78, 5) is 16.4. The molecule has 0 amide bonds. The first-order valence-corrected chi connectivity index (χ1v) is 8.03. The maximum atomic E-state index is 11.8. The molecule has 3 atom stereocenters. The van der Waals surface area contributed by atoms with Gasteiger partial charge in [-0.05, 0) is 29.8 Å². The van der Waals surface area contributed by atoms with Gasteiger partial charge in [0.1, 0.15) is 12.0 Å². The molecule has 1 saturated heterocycles. The fraction of sp³-hybridized carbons (Fsp3) is 0.545. The number of nitro groups is 1. The lowest BCUT2D eigenvalue weighted by molar-refractivity contribution is -0.385. The molecule has 0 aromatic carbocycles. The van der Waals surface area contributed by atoms with Crippen LogP contribution in [-0.2, 0) is 10.8 Å². The van der Waals surface area contributed by atoms with E-state index >= 15 is 0 Å². The van der Waals surface area contributed by atoms with Crippen LogP contribution in [0.3, 0.4) is 0 Å². The zero-order chi connectivity index (χ0) is 14.2. The molecule has 1 aliphatic rings. The van der Waals surface area contributed by atoms with Gasteiger partial charge in [-0.2, -0.15) is 0 Å². The third kappa shape index (κ3) is 2.79. The van der Waals surface area contributed by atoms with Crippen LogP contribution >= 0.6 is 15.9 Å². The van der Waals surface area contributed by atoms with Crippen LogP contribution in [0.5, 0.6) is 0 Å². The van der Waals surface area contributed by atoms with Crippen LogP contribution in [0, 0.1) is 10.1 Å². The number of hydrogen-bond donors (Lipinski definition) is 0. The van der Waals surface area contributed by atoms with Crippen molar-refractivity contribution in [1.29, 1.82) is 0 Å². The molecule has 2 heterocycles. The average Bonchev–Trinajstić information content (AvgIpc) is 2.37. The van der Waals surface area contributed by atoms with Crippen molar-refractivity contribution in [3.05, 3.63) is 26.9 Å². The molecule has 0 saturated carbocycles. The predicted octanol–water partition coefficient (Wildman–Crippen LogP) is 2.10. The van der Waals surface area contributed by atoms with Crippen LogP contribution in [0.2, 0.25) is 0 Å². The maximum absolute atomic E-state index is 11.8. The number of aromatic nitrogens is 1. The molecule has 2 rings (SSSR count). The van der Waals surface area contributed by atoms with Gasteiger partial charge in [0.15, 0.2) is 0 Å². The van der Waals surface area contributed by atoms with Gasteiger partial charge in [0, 0.05) is 35.2 Å². The normalized spacial score (nSPS) is 27.3. The van der Waals surface area contributed by atoms with E-state index in [-0.39, 0.29) is 17.0 Å². The predicted molar refractivity (Wildman–Crippen MR) is 77.9 cm³/mol. The monoisotopic (exact) mass is 347 g/mol. The van der Waals surface area contributed by atoms with Crippen molar-refractivity contribution >= 4 is 38.2 Å².